The van der Waals surface area contributed by atoms with Crippen LogP contribution in [0.2, 0.25) is 0 Å². The van der Waals surface area contributed by atoms with Crippen LogP contribution in [0.1, 0.15) is 57.8 Å². The van der Waals surface area contributed by atoms with Crippen molar-refractivity contribution in [3.63, 3.8) is 0 Å². The van der Waals surface area contributed by atoms with E-state index in [0.717, 1.165) is 0 Å². The second kappa shape index (κ2) is 21.5. The highest BCUT2D eigenvalue weighted by Gasteiger charge is 2.52. The van der Waals surface area contributed by atoms with E-state index in [2.05, 4.69) is 31.3 Å². The van der Waals surface area contributed by atoms with Crippen molar-refractivity contribution >= 4 is 29.8 Å². The number of alkyl halides is 3. The van der Waals surface area contributed by atoms with Gasteiger partial charge >= 0.3 is 30.1 Å². The van der Waals surface area contributed by atoms with Crippen LogP contribution in [0.15, 0.2) is 5.11 Å². The molecule has 0 aromatic heterocycles. The lowest BCUT2D eigenvalue weighted by molar-refractivity contribution is -0.218. The highest BCUT2D eigenvalue weighted by atomic mass is 19.4. The van der Waals surface area contributed by atoms with Crippen LogP contribution in [0, 0.1) is 11.8 Å². The van der Waals surface area contributed by atoms with E-state index in [4.69, 9.17) is 25.6 Å². The van der Waals surface area contributed by atoms with Gasteiger partial charge in [-0.3, -0.25) is 34.2 Å². The third-order valence-corrected chi connectivity index (χ3v) is 8.77. The van der Waals surface area contributed by atoms with Crippen LogP contribution < -0.4 is 21.3 Å². The number of carboxylic acids is 4. The zero-order valence-corrected chi connectivity index (χ0v) is 27.5. The molecule has 2 aliphatic rings. The lowest BCUT2D eigenvalue weighted by Gasteiger charge is -2.47. The van der Waals surface area contributed by atoms with Crippen LogP contribution in [0.3, 0.4) is 0 Å². The number of aliphatic carboxylic acids is 4. The number of rotatable bonds is 24. The molecule has 2 rings (SSSR count). The van der Waals surface area contributed by atoms with Crippen molar-refractivity contribution in [1.82, 2.24) is 26.2 Å². The SMILES string of the molecule is [N-]=[N+]=NCCOC1CC(C(F)(F)F)C2CCC(NC(=O)CC(CCC(CCCN(CC(=O)O)CC(=O)O)NCC(=O)O)NCC(=O)O)CC2N1. The molecule has 21 heteroatoms. The number of halogens is 3. The minimum atomic E-state index is -4.45. The number of carbonyl (C=O) groups is 5. The van der Waals surface area contributed by atoms with Gasteiger partial charge in [-0.15, -0.1) is 0 Å². The molecule has 0 radical (unpaired) electrons. The summed E-state index contributed by atoms with van der Waals surface area (Å²) in [5, 5.41) is 51.4. The number of ether oxygens (including phenoxy) is 1. The first kappa shape index (κ1) is 42.4. The zero-order valence-electron chi connectivity index (χ0n) is 27.5. The molecule has 0 aromatic carbocycles. The van der Waals surface area contributed by atoms with Gasteiger partial charge in [-0.1, -0.05) is 5.11 Å². The topological polar surface area (TPSA) is 276 Å². The molecule has 1 saturated heterocycles. The van der Waals surface area contributed by atoms with Gasteiger partial charge in [0, 0.05) is 42.0 Å². The summed E-state index contributed by atoms with van der Waals surface area (Å²) < 4.78 is 47.4. The van der Waals surface area contributed by atoms with Gasteiger partial charge in [0.2, 0.25) is 5.91 Å². The van der Waals surface area contributed by atoms with Crippen molar-refractivity contribution in [2.24, 2.45) is 17.0 Å². The highest BCUT2D eigenvalue weighted by molar-refractivity contribution is 5.77. The van der Waals surface area contributed by atoms with E-state index in [9.17, 15) is 42.3 Å². The van der Waals surface area contributed by atoms with E-state index >= 15 is 0 Å². The molecule has 1 aliphatic carbocycles. The molecular weight excluding hydrogens is 677 g/mol. The van der Waals surface area contributed by atoms with E-state index in [-0.39, 0.29) is 58.2 Å². The Morgan fingerprint density at radius 3 is 2.12 bits per heavy atom. The molecule has 50 heavy (non-hydrogen) atoms. The molecule has 0 aromatic rings. The fraction of sp³-hybridized carbons (Fsp3) is 0.828. The Bertz CT molecular complexity index is 1180. The third-order valence-electron chi connectivity index (χ3n) is 8.77. The summed E-state index contributed by atoms with van der Waals surface area (Å²) in [6.07, 6.45) is -3.97. The maximum atomic E-state index is 14.0. The normalized spacial score (nSPS) is 23.2. The molecule has 7 atom stereocenters. The Hall–Kier alpha value is -3.75. The Labute approximate surface area is 286 Å². The quantitative estimate of drug-likeness (QED) is 0.0298. The maximum absolute atomic E-state index is 14.0. The van der Waals surface area contributed by atoms with E-state index < -0.39 is 104 Å². The van der Waals surface area contributed by atoms with Crippen molar-refractivity contribution in [1.29, 1.82) is 0 Å². The fourth-order valence-corrected chi connectivity index (χ4v) is 6.64. The summed E-state index contributed by atoms with van der Waals surface area (Å²) in [6, 6.07) is -2.18. The van der Waals surface area contributed by atoms with Crippen LogP contribution >= 0.6 is 0 Å². The average molecular weight is 725 g/mol. The molecule has 1 amide bonds. The number of amides is 1. The maximum Gasteiger partial charge on any atom is 0.392 e. The summed E-state index contributed by atoms with van der Waals surface area (Å²) in [5.41, 5.74) is 8.42. The molecule has 7 unspecified atom stereocenters. The lowest BCUT2D eigenvalue weighted by atomic mass is 9.70. The number of azide groups is 1. The molecule has 1 saturated carbocycles. The summed E-state index contributed by atoms with van der Waals surface area (Å²) in [7, 11) is 0. The van der Waals surface area contributed by atoms with Gasteiger partial charge in [0.05, 0.1) is 38.7 Å². The predicted octanol–water partition coefficient (Wildman–Crippen LogP) is 0.972. The van der Waals surface area contributed by atoms with Crippen LogP contribution in [-0.2, 0) is 28.7 Å². The molecule has 284 valence electrons. The molecule has 2 fully saturated rings. The van der Waals surface area contributed by atoms with Crippen LogP contribution in [0.5, 0.6) is 0 Å². The van der Waals surface area contributed by atoms with Crippen LogP contribution in [-0.4, -0.2) is 138 Å². The summed E-state index contributed by atoms with van der Waals surface area (Å²) in [4.78, 5) is 61.6. The smallest absolute Gasteiger partial charge is 0.392 e. The number of nitrogens with zero attached hydrogens (tertiary/aromatic N) is 4. The van der Waals surface area contributed by atoms with Gasteiger partial charge < -0.3 is 41.1 Å². The first-order valence-electron chi connectivity index (χ1n) is 16.4. The van der Waals surface area contributed by atoms with Gasteiger partial charge in [0.25, 0.3) is 0 Å². The summed E-state index contributed by atoms with van der Waals surface area (Å²) >= 11 is 0. The Kier molecular flexibility index (Phi) is 18.2. The van der Waals surface area contributed by atoms with Gasteiger partial charge in [0.15, 0.2) is 0 Å². The van der Waals surface area contributed by atoms with Crippen molar-refractivity contribution in [3.8, 4) is 0 Å². The molecule has 0 bridgehead atoms. The Morgan fingerprint density at radius 1 is 0.920 bits per heavy atom. The predicted molar refractivity (Wildman–Crippen MR) is 168 cm³/mol. The van der Waals surface area contributed by atoms with Gasteiger partial charge in [0.1, 0.15) is 6.23 Å². The molecule has 1 heterocycles. The number of fused-ring (bicyclic) bond motifs is 1. The first-order valence-corrected chi connectivity index (χ1v) is 16.4. The van der Waals surface area contributed by atoms with E-state index in [1.807, 2.05) is 0 Å². The highest BCUT2D eigenvalue weighted by Crippen LogP contribution is 2.45. The Balaban J connectivity index is 2.01. The Morgan fingerprint density at radius 2 is 1.54 bits per heavy atom. The second-order valence-corrected chi connectivity index (χ2v) is 12.6. The third kappa shape index (κ3) is 16.8. The van der Waals surface area contributed by atoms with E-state index in [1.165, 1.54) is 4.90 Å². The van der Waals surface area contributed by atoms with Crippen LogP contribution in [0.4, 0.5) is 13.2 Å². The number of nitrogens with one attached hydrogen (secondary N) is 4. The monoisotopic (exact) mass is 724 g/mol. The lowest BCUT2D eigenvalue weighted by Crippen LogP contribution is -2.60. The van der Waals surface area contributed by atoms with Crippen LogP contribution in [0.25, 0.3) is 10.4 Å². The second-order valence-electron chi connectivity index (χ2n) is 12.6. The molecule has 18 nitrogen and oxygen atoms in total. The van der Waals surface area contributed by atoms with Crippen molar-refractivity contribution < 1.29 is 62.3 Å². The van der Waals surface area contributed by atoms with Crippen molar-refractivity contribution in [2.45, 2.75) is 94.4 Å². The van der Waals surface area contributed by atoms with Crippen molar-refractivity contribution in [3.05, 3.63) is 10.4 Å². The average Bonchev–Trinajstić information content (AvgIpc) is 3.00. The van der Waals surface area contributed by atoms with E-state index in [0.29, 0.717) is 19.3 Å². The summed E-state index contributed by atoms with van der Waals surface area (Å²) in [6.45, 7) is -1.86. The van der Waals surface area contributed by atoms with E-state index in [1.54, 1.807) is 0 Å². The first-order chi connectivity index (χ1) is 23.6. The number of carboxylic acid groups (broad SMARTS) is 4. The molecule has 0 spiro atoms. The number of hydrogen-bond donors (Lipinski definition) is 8. The number of piperidine rings is 1. The standard InChI is InChI=1S/C29H47F3N8O10/c30-29(31,32)21-12-24(50-9-7-36-39-33)38-22-10-19(5-6-20(21)22)37-23(41)11-18(35-14-26(44)45)4-3-17(34-13-25(42)43)2-1-8-40(15-27(46)47)16-28(48)49/h17-22,24,34-35,38H,1-16H2,(H,37,41)(H,42,43)(H,44,45)(H,46,47)(H,48,49). The van der Waals surface area contributed by atoms with Gasteiger partial charge in [-0.2, -0.15) is 13.2 Å². The minimum absolute atomic E-state index is 0.0379. The van der Waals surface area contributed by atoms with Crippen molar-refractivity contribution in [2.75, 3.05) is 45.9 Å². The minimum Gasteiger partial charge on any atom is -0.480 e. The largest absolute Gasteiger partial charge is 0.480 e. The fourth-order valence-electron chi connectivity index (χ4n) is 6.64. The summed E-state index contributed by atoms with van der Waals surface area (Å²) in [5.74, 6) is -7.51. The molecular formula is C29H47F3N8O10. The molecule has 8 N–H and O–H groups in total. The van der Waals surface area contributed by atoms with Gasteiger partial charge in [-0.05, 0) is 69.4 Å². The van der Waals surface area contributed by atoms with Gasteiger partial charge in [-0.25, -0.2) is 0 Å². The number of hydrogen-bond acceptors (Lipinski definition) is 11. The number of carbonyl (C=O) groups excluding carboxylic acids is 1. The molecule has 1 aliphatic heterocycles. The zero-order chi connectivity index (χ0) is 37.3.